The summed E-state index contributed by atoms with van der Waals surface area (Å²) in [7, 11) is 0. The van der Waals surface area contributed by atoms with Gasteiger partial charge in [-0.3, -0.25) is 19.4 Å². The van der Waals surface area contributed by atoms with E-state index in [0.717, 1.165) is 0 Å². The number of nitrogens with one attached hydrogen (secondary N) is 3. The Hall–Kier alpha value is -2.23. The summed E-state index contributed by atoms with van der Waals surface area (Å²) in [6, 6.07) is -4.68. The SMILES string of the molecule is CSCCC(NC(=O)C(NC(=O)C(N)CS)C(C)O)C(=O)NC(CCCN=C(N)N)C(=O)O. The average molecular weight is 510 g/mol. The number of thiol groups is 1. The van der Waals surface area contributed by atoms with Crippen molar-refractivity contribution in [2.45, 2.75) is 56.5 Å². The lowest BCUT2D eigenvalue weighted by atomic mass is 10.1. The molecule has 0 aliphatic carbocycles. The summed E-state index contributed by atoms with van der Waals surface area (Å²) in [6.45, 7) is 1.49. The summed E-state index contributed by atoms with van der Waals surface area (Å²) in [5.41, 5.74) is 16.0. The standard InChI is InChI=1S/C18H35N7O6S2/c1-9(26)13(25-14(27)10(19)8-32)16(29)23-11(5-7-33-2)15(28)24-12(17(30)31)4-3-6-22-18(20)21/h9-13,26,32H,3-8,19H2,1-2H3,(H,23,29)(H,24,28)(H,25,27)(H,30,31)(H4,20,21,22). The summed E-state index contributed by atoms with van der Waals surface area (Å²) in [5.74, 6) is -3.09. The Bertz CT molecular complexity index is 691. The van der Waals surface area contributed by atoms with Gasteiger partial charge in [-0.25, -0.2) is 4.79 Å². The van der Waals surface area contributed by atoms with Gasteiger partial charge in [0.2, 0.25) is 17.7 Å². The van der Waals surface area contributed by atoms with E-state index in [2.05, 4.69) is 33.6 Å². The summed E-state index contributed by atoms with van der Waals surface area (Å²) in [5, 5.41) is 26.6. The van der Waals surface area contributed by atoms with Crippen LogP contribution in [-0.2, 0) is 19.2 Å². The number of nitrogens with zero attached hydrogens (tertiary/aromatic N) is 1. The molecule has 15 heteroatoms. The number of carbonyl (C=O) groups is 4. The summed E-state index contributed by atoms with van der Waals surface area (Å²) < 4.78 is 0. The number of carboxylic acid groups (broad SMARTS) is 1. The zero-order valence-electron chi connectivity index (χ0n) is 18.7. The van der Waals surface area contributed by atoms with Crippen molar-refractivity contribution in [3.63, 3.8) is 0 Å². The largest absolute Gasteiger partial charge is 0.480 e. The highest BCUT2D eigenvalue weighted by Gasteiger charge is 2.32. The first-order valence-corrected chi connectivity index (χ1v) is 12.2. The second-order valence-electron chi connectivity index (χ2n) is 7.21. The van der Waals surface area contributed by atoms with Crippen LogP contribution in [-0.4, -0.2) is 94.4 Å². The van der Waals surface area contributed by atoms with Gasteiger partial charge in [0.05, 0.1) is 12.1 Å². The maximum atomic E-state index is 12.8. The van der Waals surface area contributed by atoms with Crippen LogP contribution < -0.4 is 33.2 Å². The lowest BCUT2D eigenvalue weighted by Crippen LogP contribution is -2.60. The van der Waals surface area contributed by atoms with Gasteiger partial charge in [-0.1, -0.05) is 0 Å². The molecule has 0 spiro atoms. The molecule has 0 radical (unpaired) electrons. The number of amides is 3. The molecule has 0 saturated heterocycles. The number of nitrogens with two attached hydrogens (primary N) is 3. The molecule has 5 unspecified atom stereocenters. The number of thioether (sulfide) groups is 1. The molecule has 0 aromatic heterocycles. The molecule has 0 aliphatic heterocycles. The van der Waals surface area contributed by atoms with Gasteiger partial charge in [0.25, 0.3) is 0 Å². The van der Waals surface area contributed by atoms with Crippen LogP contribution in [0.4, 0.5) is 0 Å². The van der Waals surface area contributed by atoms with Crippen LogP contribution in [0.25, 0.3) is 0 Å². The predicted molar refractivity (Wildman–Crippen MR) is 130 cm³/mol. The molecule has 0 aliphatic rings. The fourth-order valence-corrected chi connectivity index (χ4v) is 3.18. The van der Waals surface area contributed by atoms with Crippen LogP contribution in [0.3, 0.4) is 0 Å². The van der Waals surface area contributed by atoms with Crippen LogP contribution >= 0.6 is 24.4 Å². The quantitative estimate of drug-likeness (QED) is 0.0441. The molecule has 0 rings (SSSR count). The highest BCUT2D eigenvalue weighted by atomic mass is 32.2. The third-order valence-corrected chi connectivity index (χ3v) is 5.44. The van der Waals surface area contributed by atoms with Crippen LogP contribution in [0, 0.1) is 0 Å². The normalized spacial score (nSPS) is 15.3. The Kier molecular flexibility index (Phi) is 15.3. The molecule has 0 aromatic carbocycles. The fourth-order valence-electron chi connectivity index (χ4n) is 2.55. The Labute approximate surface area is 202 Å². The first-order chi connectivity index (χ1) is 15.4. The summed E-state index contributed by atoms with van der Waals surface area (Å²) in [6.07, 6.45) is 1.08. The molecule has 5 atom stereocenters. The highest BCUT2D eigenvalue weighted by Crippen LogP contribution is 2.06. The van der Waals surface area contributed by atoms with E-state index in [4.69, 9.17) is 17.2 Å². The molecule has 0 aromatic rings. The molecule has 13 nitrogen and oxygen atoms in total. The zero-order valence-corrected chi connectivity index (χ0v) is 20.4. The van der Waals surface area contributed by atoms with Crippen LogP contribution in [0.2, 0.25) is 0 Å². The van der Waals surface area contributed by atoms with Crippen molar-refractivity contribution >= 4 is 54.0 Å². The first-order valence-electron chi connectivity index (χ1n) is 10.2. The molecular weight excluding hydrogens is 474 g/mol. The van der Waals surface area contributed by atoms with Crippen molar-refractivity contribution in [3.8, 4) is 0 Å². The van der Waals surface area contributed by atoms with Crippen molar-refractivity contribution in [1.82, 2.24) is 16.0 Å². The van der Waals surface area contributed by atoms with Gasteiger partial charge >= 0.3 is 5.97 Å². The fraction of sp³-hybridized carbons (Fsp3) is 0.722. The van der Waals surface area contributed by atoms with Crippen molar-refractivity contribution < 1.29 is 29.4 Å². The van der Waals surface area contributed by atoms with Crippen molar-refractivity contribution in [2.24, 2.45) is 22.2 Å². The smallest absolute Gasteiger partial charge is 0.326 e. The van der Waals surface area contributed by atoms with Gasteiger partial charge in [0.1, 0.15) is 18.1 Å². The average Bonchev–Trinajstić information content (AvgIpc) is 2.75. The van der Waals surface area contributed by atoms with Crippen LogP contribution in [0.5, 0.6) is 0 Å². The molecule has 0 bridgehead atoms. The minimum atomic E-state index is -1.37. The van der Waals surface area contributed by atoms with E-state index in [9.17, 15) is 29.4 Å². The monoisotopic (exact) mass is 509 g/mol. The van der Waals surface area contributed by atoms with E-state index in [1.807, 2.05) is 0 Å². The highest BCUT2D eigenvalue weighted by molar-refractivity contribution is 7.98. The lowest BCUT2D eigenvalue weighted by molar-refractivity contribution is -0.142. The van der Waals surface area contributed by atoms with Gasteiger partial charge < -0.3 is 43.4 Å². The molecule has 3 amide bonds. The van der Waals surface area contributed by atoms with Crippen LogP contribution in [0.1, 0.15) is 26.2 Å². The minimum absolute atomic E-state index is 0.0263. The number of carbonyl (C=O) groups excluding carboxylic acids is 3. The number of aliphatic imine (C=N–C) groups is 1. The number of rotatable bonds is 16. The van der Waals surface area contributed by atoms with Crippen LogP contribution in [0.15, 0.2) is 4.99 Å². The number of aliphatic hydroxyl groups excluding tert-OH is 1. The molecule has 11 N–H and O–H groups in total. The maximum Gasteiger partial charge on any atom is 0.326 e. The van der Waals surface area contributed by atoms with Gasteiger partial charge in [-0.2, -0.15) is 24.4 Å². The zero-order chi connectivity index (χ0) is 25.6. The Morgan fingerprint density at radius 3 is 2.12 bits per heavy atom. The maximum absolute atomic E-state index is 12.8. The number of carboxylic acids is 1. The minimum Gasteiger partial charge on any atom is -0.480 e. The van der Waals surface area contributed by atoms with Gasteiger partial charge in [-0.15, -0.1) is 0 Å². The van der Waals surface area contributed by atoms with E-state index in [-0.39, 0.29) is 31.1 Å². The summed E-state index contributed by atoms with van der Waals surface area (Å²) >= 11 is 5.34. The third-order valence-electron chi connectivity index (χ3n) is 4.40. The Balaban J connectivity index is 5.31. The molecule has 0 saturated carbocycles. The second-order valence-corrected chi connectivity index (χ2v) is 8.56. The van der Waals surface area contributed by atoms with Crippen molar-refractivity contribution in [1.29, 1.82) is 0 Å². The number of guanidine groups is 1. The van der Waals surface area contributed by atoms with E-state index in [1.54, 1.807) is 6.26 Å². The molecule has 0 fully saturated rings. The van der Waals surface area contributed by atoms with Gasteiger partial charge in [-0.05, 0) is 38.2 Å². The van der Waals surface area contributed by atoms with E-state index >= 15 is 0 Å². The molecule has 33 heavy (non-hydrogen) atoms. The Morgan fingerprint density at radius 2 is 1.64 bits per heavy atom. The van der Waals surface area contributed by atoms with Crippen molar-refractivity contribution in [3.05, 3.63) is 0 Å². The summed E-state index contributed by atoms with van der Waals surface area (Å²) in [4.78, 5) is 52.8. The lowest BCUT2D eigenvalue weighted by Gasteiger charge is -2.26. The molecular formula is C18H35N7O6S2. The van der Waals surface area contributed by atoms with E-state index in [0.29, 0.717) is 12.2 Å². The molecule has 0 heterocycles. The molecule has 190 valence electrons. The van der Waals surface area contributed by atoms with Gasteiger partial charge in [0.15, 0.2) is 5.96 Å². The first kappa shape index (κ1) is 30.8. The third kappa shape index (κ3) is 12.6. The number of aliphatic carboxylic acids is 1. The van der Waals surface area contributed by atoms with E-state index < -0.39 is 54.0 Å². The van der Waals surface area contributed by atoms with Crippen molar-refractivity contribution in [2.75, 3.05) is 24.3 Å². The number of hydrogen-bond acceptors (Lipinski definition) is 9. The predicted octanol–water partition coefficient (Wildman–Crippen LogP) is -3.03. The van der Waals surface area contributed by atoms with Gasteiger partial charge in [0, 0.05) is 12.3 Å². The number of aliphatic hydroxyl groups is 1. The Morgan fingerprint density at radius 1 is 1.03 bits per heavy atom. The van der Waals surface area contributed by atoms with E-state index in [1.165, 1.54) is 18.7 Å². The topological polar surface area (TPSA) is 235 Å². The second kappa shape index (κ2) is 16.4. The number of hydrogen-bond donors (Lipinski definition) is 9.